The number of rotatable bonds is 7. The minimum Gasteiger partial charge on any atom is -0.399 e. The van der Waals surface area contributed by atoms with E-state index >= 15 is 0 Å². The Hall–Kier alpha value is -5.18. The second kappa shape index (κ2) is 10.4. The summed E-state index contributed by atoms with van der Waals surface area (Å²) in [5, 5.41) is 13.7. The lowest BCUT2D eigenvalue weighted by atomic mass is 9.75. The highest BCUT2D eigenvalue weighted by Crippen LogP contribution is 2.53. The van der Waals surface area contributed by atoms with Gasteiger partial charge >= 0.3 is 0 Å². The topological polar surface area (TPSA) is 139 Å². The van der Waals surface area contributed by atoms with Gasteiger partial charge in [-0.2, -0.15) is 0 Å². The van der Waals surface area contributed by atoms with E-state index in [1.807, 2.05) is 30.3 Å². The van der Waals surface area contributed by atoms with Gasteiger partial charge in [0.1, 0.15) is 0 Å². The number of fused-ring (bicyclic) bond motifs is 1. The molecule has 1 aliphatic carbocycles. The maximum absolute atomic E-state index is 12.7. The van der Waals surface area contributed by atoms with Crippen LogP contribution in [0.5, 0.6) is 0 Å². The first kappa shape index (κ1) is 27.4. The number of non-ortho nitro benzene ring substituents is 1. The number of nitro groups is 1. The monoisotopic (exact) mass is 549 g/mol. The zero-order valence-electron chi connectivity index (χ0n) is 23.0. The fourth-order valence-corrected chi connectivity index (χ4v) is 5.69. The number of nitrogens with two attached hydrogens (primary N) is 1. The Kier molecular flexibility index (Phi) is 6.96. The summed E-state index contributed by atoms with van der Waals surface area (Å²) in [6.07, 6.45) is 0.880. The van der Waals surface area contributed by atoms with Crippen molar-refractivity contribution < 1.29 is 14.5 Å². The molecule has 2 amide bonds. The summed E-state index contributed by atoms with van der Waals surface area (Å²) in [6, 6.07) is 26.2. The van der Waals surface area contributed by atoms with Gasteiger partial charge in [0, 0.05) is 40.0 Å². The third-order valence-electron chi connectivity index (χ3n) is 7.75. The molecule has 5 rings (SSSR count). The summed E-state index contributed by atoms with van der Waals surface area (Å²) in [5.74, 6) is -0.593. The molecule has 208 valence electrons. The van der Waals surface area contributed by atoms with Crippen LogP contribution in [0.2, 0.25) is 0 Å². The predicted molar refractivity (Wildman–Crippen MR) is 160 cm³/mol. The van der Waals surface area contributed by atoms with E-state index in [2.05, 4.69) is 49.1 Å². The van der Waals surface area contributed by atoms with E-state index in [1.165, 1.54) is 35.4 Å². The average Bonchev–Trinajstić information content (AvgIpc) is 3.17. The molecular formula is C32H31N5O4. The fraction of sp³-hybridized carbons (Fsp3) is 0.188. The zero-order valence-corrected chi connectivity index (χ0v) is 23.0. The number of amides is 2. The van der Waals surface area contributed by atoms with Crippen LogP contribution in [0.15, 0.2) is 91.0 Å². The van der Waals surface area contributed by atoms with Gasteiger partial charge in [0.05, 0.1) is 10.6 Å². The first-order valence-electron chi connectivity index (χ1n) is 13.2. The summed E-state index contributed by atoms with van der Waals surface area (Å²) < 4.78 is 0. The van der Waals surface area contributed by atoms with E-state index in [-0.39, 0.29) is 28.3 Å². The van der Waals surface area contributed by atoms with Gasteiger partial charge in [-0.15, -0.1) is 0 Å². The van der Waals surface area contributed by atoms with Crippen molar-refractivity contribution in [2.75, 3.05) is 16.5 Å². The van der Waals surface area contributed by atoms with E-state index in [4.69, 9.17) is 5.73 Å². The van der Waals surface area contributed by atoms with Gasteiger partial charge in [0.2, 0.25) is 0 Å². The lowest BCUT2D eigenvalue weighted by Crippen LogP contribution is -2.29. The molecule has 0 radical (unpaired) electrons. The quantitative estimate of drug-likeness (QED) is 0.123. The smallest absolute Gasteiger partial charge is 0.269 e. The molecule has 0 heterocycles. The van der Waals surface area contributed by atoms with Crippen molar-refractivity contribution in [3.8, 4) is 0 Å². The normalized spacial score (nSPS) is 16.9. The van der Waals surface area contributed by atoms with E-state index in [9.17, 15) is 19.7 Å². The van der Waals surface area contributed by atoms with E-state index in [0.717, 1.165) is 17.7 Å². The number of carbonyl (C=O) groups excluding carboxylic acids is 2. The molecule has 41 heavy (non-hydrogen) atoms. The number of nitro benzene ring substituents is 1. The van der Waals surface area contributed by atoms with E-state index in [1.54, 1.807) is 24.3 Å². The first-order valence-corrected chi connectivity index (χ1v) is 13.2. The molecule has 0 aliphatic heterocycles. The summed E-state index contributed by atoms with van der Waals surface area (Å²) in [6.45, 7) is 6.65. The van der Waals surface area contributed by atoms with Crippen LogP contribution in [0.1, 0.15) is 64.6 Å². The molecule has 5 N–H and O–H groups in total. The fourth-order valence-electron chi connectivity index (χ4n) is 5.69. The highest BCUT2D eigenvalue weighted by molar-refractivity contribution is 6.04. The Bertz CT molecular complexity index is 1630. The maximum atomic E-state index is 12.7. The molecular weight excluding hydrogens is 518 g/mol. The second-order valence-corrected chi connectivity index (χ2v) is 11.2. The number of nitrogens with zero attached hydrogens (tertiary/aromatic N) is 1. The first-order chi connectivity index (χ1) is 19.5. The molecule has 9 heteroatoms. The van der Waals surface area contributed by atoms with Crippen LogP contribution in [0.3, 0.4) is 0 Å². The Morgan fingerprint density at radius 2 is 1.37 bits per heavy atom. The molecule has 4 aromatic rings. The van der Waals surface area contributed by atoms with Crippen molar-refractivity contribution in [2.24, 2.45) is 0 Å². The van der Waals surface area contributed by atoms with Gasteiger partial charge in [0.15, 0.2) is 0 Å². The van der Waals surface area contributed by atoms with Crippen molar-refractivity contribution >= 4 is 34.6 Å². The third-order valence-corrected chi connectivity index (χ3v) is 7.75. The number of hydrogen-bond donors (Lipinski definition) is 4. The van der Waals surface area contributed by atoms with Crippen LogP contribution in [-0.2, 0) is 10.8 Å². The summed E-state index contributed by atoms with van der Waals surface area (Å²) >= 11 is 0. The standard InChI is InChI=1S/C32H31N5O4/c1-31(2)19-32(3,22-8-12-24(13-9-22)34-29(38)20-6-15-26(16-7-20)37(40)41)27-17-14-25(18-28(27)31)35-36-30(39)21-4-10-23(33)11-5-21/h4-18,35H,19,33H2,1-3H3,(H,34,38)(H,36,39). The van der Waals surface area contributed by atoms with Gasteiger partial charge in [-0.05, 0) is 89.2 Å². The van der Waals surface area contributed by atoms with Crippen LogP contribution in [-0.4, -0.2) is 16.7 Å². The molecule has 0 spiro atoms. The van der Waals surface area contributed by atoms with Crippen LogP contribution in [0, 0.1) is 10.1 Å². The minimum absolute atomic E-state index is 0.0651. The number of benzene rings is 4. The summed E-state index contributed by atoms with van der Waals surface area (Å²) in [7, 11) is 0. The maximum Gasteiger partial charge on any atom is 0.269 e. The van der Waals surface area contributed by atoms with Gasteiger partial charge in [0.25, 0.3) is 17.5 Å². The Morgan fingerprint density at radius 1 is 0.780 bits per heavy atom. The molecule has 1 unspecified atom stereocenters. The van der Waals surface area contributed by atoms with E-state index < -0.39 is 4.92 Å². The minimum atomic E-state index is -0.498. The van der Waals surface area contributed by atoms with Gasteiger partial charge in [-0.3, -0.25) is 30.6 Å². The van der Waals surface area contributed by atoms with Crippen molar-refractivity contribution in [1.82, 2.24) is 5.43 Å². The van der Waals surface area contributed by atoms with Crippen molar-refractivity contribution in [3.05, 3.63) is 129 Å². The number of nitrogens with one attached hydrogen (secondary N) is 3. The second-order valence-electron chi connectivity index (χ2n) is 11.2. The van der Waals surface area contributed by atoms with Crippen LogP contribution >= 0.6 is 0 Å². The highest BCUT2D eigenvalue weighted by Gasteiger charge is 2.45. The van der Waals surface area contributed by atoms with Gasteiger partial charge < -0.3 is 11.1 Å². The Balaban J connectivity index is 1.31. The van der Waals surface area contributed by atoms with Crippen LogP contribution in [0.4, 0.5) is 22.7 Å². The molecule has 9 nitrogen and oxygen atoms in total. The molecule has 4 aromatic carbocycles. The molecule has 0 fully saturated rings. The van der Waals surface area contributed by atoms with Gasteiger partial charge in [-0.1, -0.05) is 39.0 Å². The summed E-state index contributed by atoms with van der Waals surface area (Å²) in [5.41, 5.74) is 17.4. The van der Waals surface area contributed by atoms with E-state index in [0.29, 0.717) is 22.5 Å². The zero-order chi connectivity index (χ0) is 29.4. The van der Waals surface area contributed by atoms with Crippen LogP contribution in [0.25, 0.3) is 0 Å². The molecule has 1 aliphatic rings. The largest absolute Gasteiger partial charge is 0.399 e. The lowest BCUT2D eigenvalue weighted by Gasteiger charge is -2.28. The van der Waals surface area contributed by atoms with Crippen molar-refractivity contribution in [3.63, 3.8) is 0 Å². The lowest BCUT2D eigenvalue weighted by molar-refractivity contribution is -0.384. The predicted octanol–water partition coefficient (Wildman–Crippen LogP) is 6.17. The molecule has 0 saturated heterocycles. The number of anilines is 3. The molecule has 0 aromatic heterocycles. The Morgan fingerprint density at radius 3 is 2.00 bits per heavy atom. The Labute approximate surface area is 237 Å². The molecule has 0 saturated carbocycles. The SMILES string of the molecule is CC1(C)CC(C)(c2ccc(NC(=O)c3ccc([N+](=O)[O-])cc3)cc2)c2ccc(NNC(=O)c3ccc(N)cc3)cc21. The van der Waals surface area contributed by atoms with Crippen molar-refractivity contribution in [1.29, 1.82) is 0 Å². The number of hydrazine groups is 1. The number of nitrogen functional groups attached to an aromatic ring is 1. The highest BCUT2D eigenvalue weighted by atomic mass is 16.6. The van der Waals surface area contributed by atoms with Crippen molar-refractivity contribution in [2.45, 2.75) is 38.0 Å². The number of carbonyl (C=O) groups is 2. The molecule has 0 bridgehead atoms. The third kappa shape index (κ3) is 5.47. The molecule has 1 atom stereocenters. The number of hydrogen-bond acceptors (Lipinski definition) is 6. The van der Waals surface area contributed by atoms with Gasteiger partial charge in [-0.25, -0.2) is 0 Å². The average molecular weight is 550 g/mol. The van der Waals surface area contributed by atoms with Crippen LogP contribution < -0.4 is 21.9 Å². The summed E-state index contributed by atoms with van der Waals surface area (Å²) in [4.78, 5) is 35.5.